The molecule has 212 valence electrons. The number of methoxy groups -OCH3 is 1. The van der Waals surface area contributed by atoms with Gasteiger partial charge >= 0.3 is 5.97 Å². The second kappa shape index (κ2) is 14.1. The van der Waals surface area contributed by atoms with Crippen LogP contribution < -0.4 is 18.9 Å². The molecule has 0 saturated heterocycles. The highest BCUT2D eigenvalue weighted by Gasteiger charge is 2.36. The lowest BCUT2D eigenvalue weighted by molar-refractivity contribution is -0.157. The summed E-state index contributed by atoms with van der Waals surface area (Å²) in [5.41, 5.74) is 2.41. The summed E-state index contributed by atoms with van der Waals surface area (Å²) in [6, 6.07) is 24.7. The lowest BCUT2D eigenvalue weighted by Crippen LogP contribution is -2.39. The first-order valence-corrected chi connectivity index (χ1v) is 12.4. The zero-order chi connectivity index (χ0) is 26.5. The zero-order valence-corrected chi connectivity index (χ0v) is 24.1. The van der Waals surface area contributed by atoms with E-state index in [9.17, 15) is 4.79 Å². The maximum atomic E-state index is 12.7. The van der Waals surface area contributed by atoms with E-state index < -0.39 is 12.2 Å². The largest absolute Gasteiger partial charge is 0.497 e. The number of nitrogens with zero attached hydrogens (tertiary/aromatic N) is 2. The van der Waals surface area contributed by atoms with Crippen LogP contribution in [0.3, 0.4) is 0 Å². The molecule has 0 N–H and O–H groups in total. The first kappa shape index (κ1) is 30.8. The number of likely N-dealkylation sites (N-methyl/N-ethyl adjacent to an activating group) is 1. The first-order chi connectivity index (χ1) is 18.5. The van der Waals surface area contributed by atoms with Crippen molar-refractivity contribution < 1.29 is 28.5 Å². The predicted octanol–water partition coefficient (Wildman–Crippen LogP) is 5.65. The fourth-order valence-electron chi connectivity index (χ4n) is 4.30. The maximum absolute atomic E-state index is 12.7. The van der Waals surface area contributed by atoms with E-state index >= 15 is 0 Å². The Labute approximate surface area is 246 Å². The molecule has 2 atom stereocenters. The molecular formula is C30H32Cl2N2O6. The molecule has 1 aliphatic heterocycles. The second-order valence-electron chi connectivity index (χ2n) is 9.28. The minimum atomic E-state index is -0.695. The summed E-state index contributed by atoms with van der Waals surface area (Å²) in [5.74, 6) is 2.12. The van der Waals surface area contributed by atoms with Crippen molar-refractivity contribution in [3.8, 4) is 23.0 Å². The Kier molecular flexibility index (Phi) is 10.8. The van der Waals surface area contributed by atoms with Gasteiger partial charge in [-0.2, -0.15) is 0 Å². The summed E-state index contributed by atoms with van der Waals surface area (Å²) in [4.78, 5) is 19.2. The van der Waals surface area contributed by atoms with Gasteiger partial charge in [0, 0.05) is 17.0 Å². The van der Waals surface area contributed by atoms with Crippen molar-refractivity contribution in [2.75, 3.05) is 34.4 Å². The summed E-state index contributed by atoms with van der Waals surface area (Å²) in [6.45, 7) is 0.646. The number of carbonyl (C=O) groups is 1. The highest BCUT2D eigenvalue weighted by Crippen LogP contribution is 2.39. The Morgan fingerprint density at radius 2 is 1.75 bits per heavy atom. The molecule has 40 heavy (non-hydrogen) atoms. The van der Waals surface area contributed by atoms with Gasteiger partial charge in [-0.25, -0.2) is 4.98 Å². The summed E-state index contributed by atoms with van der Waals surface area (Å²) >= 11 is 0. The fraction of sp³-hybridized carbons (Fsp3) is 0.267. The van der Waals surface area contributed by atoms with Crippen LogP contribution in [0.4, 0.5) is 0 Å². The Bertz CT molecular complexity index is 1430. The molecule has 0 bridgehead atoms. The topological polar surface area (TPSA) is 79.4 Å². The van der Waals surface area contributed by atoms with Gasteiger partial charge in [-0.15, -0.1) is 24.8 Å². The molecule has 10 heteroatoms. The Morgan fingerprint density at radius 3 is 2.55 bits per heavy atom. The van der Waals surface area contributed by atoms with Gasteiger partial charge in [0.2, 0.25) is 0 Å². The number of halogens is 2. The van der Waals surface area contributed by atoms with E-state index in [4.69, 9.17) is 23.7 Å². The summed E-state index contributed by atoms with van der Waals surface area (Å²) in [6.07, 6.45) is -1.27. The van der Waals surface area contributed by atoms with Gasteiger partial charge in [0.05, 0.1) is 24.9 Å². The van der Waals surface area contributed by atoms with E-state index in [0.29, 0.717) is 35.2 Å². The van der Waals surface area contributed by atoms with Crippen molar-refractivity contribution in [2.24, 2.45) is 0 Å². The van der Waals surface area contributed by atoms with E-state index in [1.54, 1.807) is 18.1 Å². The fourth-order valence-corrected chi connectivity index (χ4v) is 4.30. The van der Waals surface area contributed by atoms with Gasteiger partial charge in [-0.05, 0) is 56.6 Å². The average molecular weight is 588 g/mol. The van der Waals surface area contributed by atoms with Crippen LogP contribution >= 0.6 is 24.8 Å². The van der Waals surface area contributed by atoms with Crippen LogP contribution in [-0.4, -0.2) is 56.3 Å². The number of pyridine rings is 1. The van der Waals surface area contributed by atoms with Gasteiger partial charge in [0.1, 0.15) is 36.2 Å². The third-order valence-electron chi connectivity index (χ3n) is 6.10. The molecule has 0 aliphatic carbocycles. The standard InChI is InChI=1S/C30H30N2O6.2ClH/c1-32(2)17-29(33)38-30-25-16-23(35-18-21-12-11-20-7-4-5-10-26(20)31-21)13-14-27(25)36-19-28(30)37-24-9-6-8-22(15-24)34-3;;/h4-16,28,30H,17-19H2,1-3H3;2*1H/t28-,30+;;/m0../s1. The van der Waals surface area contributed by atoms with Gasteiger partial charge < -0.3 is 23.7 Å². The van der Waals surface area contributed by atoms with Crippen molar-refractivity contribution >= 4 is 41.7 Å². The number of benzene rings is 3. The molecule has 5 rings (SSSR count). The van der Waals surface area contributed by atoms with Crippen molar-refractivity contribution in [1.82, 2.24) is 9.88 Å². The Hall–Kier alpha value is -3.72. The van der Waals surface area contributed by atoms with Crippen LogP contribution in [0.25, 0.3) is 10.9 Å². The summed E-state index contributed by atoms with van der Waals surface area (Å²) in [5, 5.41) is 1.08. The van der Waals surface area contributed by atoms with E-state index in [0.717, 1.165) is 16.6 Å². The van der Waals surface area contributed by atoms with Crippen LogP contribution in [0, 0.1) is 0 Å². The smallest absolute Gasteiger partial charge is 0.320 e. The Morgan fingerprint density at radius 1 is 0.950 bits per heavy atom. The quantitative estimate of drug-likeness (QED) is 0.233. The predicted molar refractivity (Wildman–Crippen MR) is 157 cm³/mol. The number of aromatic nitrogens is 1. The molecule has 0 spiro atoms. The third-order valence-corrected chi connectivity index (χ3v) is 6.10. The number of hydrogen-bond donors (Lipinski definition) is 0. The Balaban J connectivity index is 0.00000220. The molecule has 2 heterocycles. The lowest BCUT2D eigenvalue weighted by atomic mass is 10.00. The first-order valence-electron chi connectivity index (χ1n) is 12.4. The highest BCUT2D eigenvalue weighted by molar-refractivity contribution is 5.85. The molecule has 3 aromatic carbocycles. The monoisotopic (exact) mass is 586 g/mol. The highest BCUT2D eigenvalue weighted by atomic mass is 35.5. The van der Waals surface area contributed by atoms with Crippen LogP contribution in [0.2, 0.25) is 0 Å². The van der Waals surface area contributed by atoms with Gasteiger partial charge in [-0.3, -0.25) is 9.69 Å². The van der Waals surface area contributed by atoms with Crippen LogP contribution in [0.1, 0.15) is 17.4 Å². The van der Waals surface area contributed by atoms with Crippen molar-refractivity contribution in [3.63, 3.8) is 0 Å². The number of esters is 1. The molecule has 1 aromatic heterocycles. The van der Waals surface area contributed by atoms with Gasteiger partial charge in [0.25, 0.3) is 0 Å². The molecule has 1 aliphatic rings. The molecule has 4 aromatic rings. The molecule has 0 unspecified atom stereocenters. The number of rotatable bonds is 9. The third kappa shape index (κ3) is 7.47. The van der Waals surface area contributed by atoms with E-state index in [1.807, 2.05) is 86.9 Å². The SMILES string of the molecule is COc1cccc(O[C@H]2COc3ccc(OCc4ccc5ccccc5n4)cc3[C@H]2OC(=O)CN(C)C)c1.Cl.Cl. The molecule has 8 nitrogen and oxygen atoms in total. The van der Waals surface area contributed by atoms with Gasteiger partial charge in [0.15, 0.2) is 12.2 Å². The van der Waals surface area contributed by atoms with Crippen LogP contribution in [-0.2, 0) is 16.1 Å². The van der Waals surface area contributed by atoms with Crippen molar-refractivity contribution in [1.29, 1.82) is 0 Å². The van der Waals surface area contributed by atoms with Crippen LogP contribution in [0.5, 0.6) is 23.0 Å². The maximum Gasteiger partial charge on any atom is 0.320 e. The van der Waals surface area contributed by atoms with E-state index in [1.165, 1.54) is 0 Å². The number of fused-ring (bicyclic) bond motifs is 2. The van der Waals surface area contributed by atoms with E-state index in [-0.39, 0.29) is 43.9 Å². The van der Waals surface area contributed by atoms with Crippen LogP contribution in [0.15, 0.2) is 78.9 Å². The normalized spacial score (nSPS) is 15.6. The number of para-hydroxylation sites is 1. The molecule has 0 fully saturated rings. The zero-order valence-electron chi connectivity index (χ0n) is 22.4. The molecule has 0 saturated carbocycles. The summed E-state index contributed by atoms with van der Waals surface area (Å²) < 4.78 is 29.6. The average Bonchev–Trinajstić information content (AvgIpc) is 2.92. The van der Waals surface area contributed by atoms with E-state index in [2.05, 4.69) is 4.98 Å². The molecule has 0 amide bonds. The minimum Gasteiger partial charge on any atom is -0.497 e. The number of ether oxygens (including phenoxy) is 5. The summed E-state index contributed by atoms with van der Waals surface area (Å²) in [7, 11) is 5.23. The lowest BCUT2D eigenvalue weighted by Gasteiger charge is -2.33. The van der Waals surface area contributed by atoms with Crippen molar-refractivity contribution in [2.45, 2.75) is 18.8 Å². The van der Waals surface area contributed by atoms with Gasteiger partial charge in [-0.1, -0.05) is 30.3 Å². The number of hydrogen-bond acceptors (Lipinski definition) is 8. The minimum absolute atomic E-state index is 0. The second-order valence-corrected chi connectivity index (χ2v) is 9.28. The molecule has 0 radical (unpaired) electrons. The number of carbonyl (C=O) groups excluding carboxylic acids is 1. The van der Waals surface area contributed by atoms with Crippen molar-refractivity contribution in [3.05, 3.63) is 90.1 Å². The molecular weight excluding hydrogens is 555 g/mol.